The third-order valence-electron chi connectivity index (χ3n) is 4.87. The second-order valence-electron chi connectivity index (χ2n) is 7.11. The predicted octanol–water partition coefficient (Wildman–Crippen LogP) is 3.41. The zero-order valence-corrected chi connectivity index (χ0v) is 15.6. The van der Waals surface area contributed by atoms with Crippen molar-refractivity contribution < 1.29 is 14.3 Å². The van der Waals surface area contributed by atoms with Gasteiger partial charge < -0.3 is 15.4 Å². The van der Waals surface area contributed by atoms with Crippen LogP contribution in [0.2, 0.25) is 0 Å². The molecule has 0 radical (unpaired) electrons. The number of anilines is 1. The third kappa shape index (κ3) is 5.47. The van der Waals surface area contributed by atoms with Gasteiger partial charge in [-0.05, 0) is 18.8 Å². The molecule has 2 amide bonds. The van der Waals surface area contributed by atoms with Crippen molar-refractivity contribution in [2.75, 3.05) is 11.9 Å². The van der Waals surface area contributed by atoms with E-state index in [9.17, 15) is 9.59 Å². The number of aromatic amines is 1. The van der Waals surface area contributed by atoms with Gasteiger partial charge in [0.2, 0.25) is 5.91 Å². The minimum absolute atomic E-state index is 0.0521. The first-order valence-corrected chi connectivity index (χ1v) is 9.23. The first kappa shape index (κ1) is 19.3. The molecule has 7 nitrogen and oxygen atoms in total. The van der Waals surface area contributed by atoms with Gasteiger partial charge in [-0.2, -0.15) is 5.10 Å². The molecule has 0 spiro atoms. The van der Waals surface area contributed by atoms with Gasteiger partial charge in [0.15, 0.2) is 5.82 Å². The molecule has 2 rings (SSSR count). The number of alkyl carbamates (subject to hydrolysis) is 1. The summed E-state index contributed by atoms with van der Waals surface area (Å²) in [6.45, 7) is 8.59. The van der Waals surface area contributed by atoms with Gasteiger partial charge in [0.1, 0.15) is 6.10 Å². The van der Waals surface area contributed by atoms with Gasteiger partial charge >= 0.3 is 6.09 Å². The Balaban J connectivity index is 1.71. The number of H-pyrrole nitrogens is 1. The second-order valence-corrected chi connectivity index (χ2v) is 7.11. The highest BCUT2D eigenvalue weighted by molar-refractivity contribution is 5.91. The maximum Gasteiger partial charge on any atom is 0.407 e. The summed E-state index contributed by atoms with van der Waals surface area (Å²) in [4.78, 5) is 23.5. The summed E-state index contributed by atoms with van der Waals surface area (Å²) in [5.74, 6) is 1.20. The van der Waals surface area contributed by atoms with Crippen LogP contribution < -0.4 is 10.6 Å². The highest BCUT2D eigenvalue weighted by Gasteiger charge is 2.34. The number of carbonyl (C=O) groups excluding carboxylic acids is 2. The highest BCUT2D eigenvalue weighted by atomic mass is 16.6. The van der Waals surface area contributed by atoms with Crippen LogP contribution in [0.15, 0.2) is 6.07 Å². The first-order valence-electron chi connectivity index (χ1n) is 9.23. The Morgan fingerprint density at radius 1 is 1.32 bits per heavy atom. The average molecular weight is 350 g/mol. The number of aromatic nitrogens is 2. The molecule has 1 heterocycles. The number of nitrogens with zero attached hydrogens (tertiary/aromatic N) is 1. The SMILES string of the molecule is CCC(CC)CNC(=O)OC1CC(c2cc(NC(=O)C(C)C)n[nH]2)C1. The minimum Gasteiger partial charge on any atom is -0.446 e. The monoisotopic (exact) mass is 350 g/mol. The van der Waals surface area contributed by atoms with Crippen LogP contribution in [-0.4, -0.2) is 34.8 Å². The zero-order valence-electron chi connectivity index (χ0n) is 15.6. The number of rotatable bonds is 8. The molecular weight excluding hydrogens is 320 g/mol. The van der Waals surface area contributed by atoms with Crippen molar-refractivity contribution >= 4 is 17.8 Å². The molecule has 1 saturated carbocycles. The molecule has 140 valence electrons. The van der Waals surface area contributed by atoms with E-state index < -0.39 is 0 Å². The molecule has 0 aromatic carbocycles. The number of hydrogen-bond donors (Lipinski definition) is 3. The largest absolute Gasteiger partial charge is 0.446 e. The summed E-state index contributed by atoms with van der Waals surface area (Å²) >= 11 is 0. The van der Waals surface area contributed by atoms with E-state index in [0.29, 0.717) is 18.3 Å². The topological polar surface area (TPSA) is 96.1 Å². The van der Waals surface area contributed by atoms with Crippen molar-refractivity contribution in [1.82, 2.24) is 15.5 Å². The fourth-order valence-corrected chi connectivity index (χ4v) is 2.79. The zero-order chi connectivity index (χ0) is 18.4. The fourth-order valence-electron chi connectivity index (χ4n) is 2.79. The van der Waals surface area contributed by atoms with E-state index in [2.05, 4.69) is 34.7 Å². The van der Waals surface area contributed by atoms with E-state index in [4.69, 9.17) is 4.74 Å². The first-order chi connectivity index (χ1) is 11.9. The van der Waals surface area contributed by atoms with E-state index in [1.54, 1.807) is 0 Å². The summed E-state index contributed by atoms with van der Waals surface area (Å²) in [5.41, 5.74) is 0.969. The van der Waals surface area contributed by atoms with Crippen LogP contribution in [0.1, 0.15) is 65.0 Å². The molecule has 0 unspecified atom stereocenters. The number of carbonyl (C=O) groups is 2. The molecular formula is C18H30N4O3. The van der Waals surface area contributed by atoms with Crippen molar-refractivity contribution in [3.63, 3.8) is 0 Å². The van der Waals surface area contributed by atoms with Gasteiger partial charge in [0, 0.05) is 30.1 Å². The average Bonchev–Trinajstić information content (AvgIpc) is 2.99. The third-order valence-corrected chi connectivity index (χ3v) is 4.87. The molecule has 25 heavy (non-hydrogen) atoms. The lowest BCUT2D eigenvalue weighted by Crippen LogP contribution is -2.37. The molecule has 0 atom stereocenters. The lowest BCUT2D eigenvalue weighted by Gasteiger charge is -2.33. The number of hydrogen-bond acceptors (Lipinski definition) is 4. The number of amides is 2. The minimum atomic E-state index is -0.329. The van der Waals surface area contributed by atoms with Crippen LogP contribution in [0.25, 0.3) is 0 Å². The van der Waals surface area contributed by atoms with Crippen LogP contribution >= 0.6 is 0 Å². The van der Waals surface area contributed by atoms with Crippen LogP contribution in [0, 0.1) is 11.8 Å². The molecule has 1 aromatic heterocycles. The molecule has 1 aromatic rings. The van der Waals surface area contributed by atoms with Gasteiger partial charge in [-0.15, -0.1) is 0 Å². The van der Waals surface area contributed by atoms with E-state index >= 15 is 0 Å². The fraction of sp³-hybridized carbons (Fsp3) is 0.722. The summed E-state index contributed by atoms with van der Waals surface area (Å²) in [7, 11) is 0. The quantitative estimate of drug-likeness (QED) is 0.669. The maximum atomic E-state index is 11.8. The van der Waals surface area contributed by atoms with Crippen molar-refractivity contribution in [2.24, 2.45) is 11.8 Å². The van der Waals surface area contributed by atoms with Crippen molar-refractivity contribution in [2.45, 2.75) is 65.4 Å². The molecule has 7 heteroatoms. The lowest BCUT2D eigenvalue weighted by atomic mass is 9.80. The van der Waals surface area contributed by atoms with E-state index in [1.165, 1.54) is 0 Å². The highest BCUT2D eigenvalue weighted by Crippen LogP contribution is 2.38. The van der Waals surface area contributed by atoms with Gasteiger partial charge in [-0.3, -0.25) is 9.89 Å². The molecule has 1 fully saturated rings. The van der Waals surface area contributed by atoms with Gasteiger partial charge in [0.05, 0.1) is 0 Å². The summed E-state index contributed by atoms with van der Waals surface area (Å²) in [6, 6.07) is 1.86. The number of nitrogens with one attached hydrogen (secondary N) is 3. The predicted molar refractivity (Wildman–Crippen MR) is 96.4 cm³/mol. The molecule has 0 aliphatic heterocycles. The van der Waals surface area contributed by atoms with Crippen LogP contribution in [0.4, 0.5) is 10.6 Å². The van der Waals surface area contributed by atoms with Crippen molar-refractivity contribution in [3.8, 4) is 0 Å². The second kappa shape index (κ2) is 8.87. The molecule has 1 aliphatic carbocycles. The molecule has 0 saturated heterocycles. The maximum absolute atomic E-state index is 11.8. The lowest BCUT2D eigenvalue weighted by molar-refractivity contribution is -0.118. The molecule has 0 bridgehead atoms. The van der Waals surface area contributed by atoms with Gasteiger partial charge in [-0.25, -0.2) is 4.79 Å². The Labute approximate surface area is 149 Å². The Kier molecular flexibility index (Phi) is 6.84. The smallest absolute Gasteiger partial charge is 0.407 e. The van der Waals surface area contributed by atoms with E-state index in [0.717, 1.165) is 31.4 Å². The Morgan fingerprint density at radius 3 is 2.60 bits per heavy atom. The van der Waals surface area contributed by atoms with Crippen molar-refractivity contribution in [1.29, 1.82) is 0 Å². The standard InChI is InChI=1S/C18H30N4O3/c1-5-12(6-2)10-19-18(24)25-14-7-13(8-14)15-9-16(22-21-15)20-17(23)11(3)4/h9,11-14H,5-8,10H2,1-4H3,(H,19,24)(H2,20,21,22,23). The summed E-state index contributed by atoms with van der Waals surface area (Å²) in [5, 5.41) is 12.7. The van der Waals surface area contributed by atoms with Crippen LogP contribution in [0.3, 0.4) is 0 Å². The summed E-state index contributed by atoms with van der Waals surface area (Å²) < 4.78 is 5.43. The van der Waals surface area contributed by atoms with E-state index in [1.807, 2.05) is 19.9 Å². The van der Waals surface area contributed by atoms with Crippen LogP contribution in [-0.2, 0) is 9.53 Å². The van der Waals surface area contributed by atoms with Crippen LogP contribution in [0.5, 0.6) is 0 Å². The Morgan fingerprint density at radius 2 is 2.00 bits per heavy atom. The number of ether oxygens (including phenoxy) is 1. The normalized spacial score (nSPS) is 19.6. The molecule has 1 aliphatic rings. The van der Waals surface area contributed by atoms with Gasteiger partial charge in [0.25, 0.3) is 0 Å². The van der Waals surface area contributed by atoms with E-state index in [-0.39, 0.29) is 29.9 Å². The molecule has 3 N–H and O–H groups in total. The summed E-state index contributed by atoms with van der Waals surface area (Å²) in [6.07, 6.45) is 3.28. The van der Waals surface area contributed by atoms with Crippen molar-refractivity contribution in [3.05, 3.63) is 11.8 Å². The van der Waals surface area contributed by atoms with Gasteiger partial charge in [-0.1, -0.05) is 40.5 Å². The Bertz CT molecular complexity index is 575. The Hall–Kier alpha value is -2.05.